The van der Waals surface area contributed by atoms with Crippen LogP contribution in [0.4, 0.5) is 5.82 Å². The number of rotatable bonds is 6. The van der Waals surface area contributed by atoms with E-state index < -0.39 is 34.5 Å². The molecule has 3 aromatic rings. The Labute approximate surface area is 194 Å². The van der Waals surface area contributed by atoms with Crippen molar-refractivity contribution >= 4 is 33.6 Å². The van der Waals surface area contributed by atoms with E-state index in [1.807, 2.05) is 12.1 Å². The van der Waals surface area contributed by atoms with Gasteiger partial charge in [-0.2, -0.15) is 10.4 Å². The third-order valence-electron chi connectivity index (χ3n) is 4.82. The molecular weight excluding hydrogens is 460 g/mol. The summed E-state index contributed by atoms with van der Waals surface area (Å²) in [4.78, 5) is 29.0. The first-order chi connectivity index (χ1) is 16.3. The molecule has 0 fully saturated rings. The summed E-state index contributed by atoms with van der Waals surface area (Å²) in [5.41, 5.74) is 1.11. The number of nitrogens with zero attached hydrogens (tertiary/aromatic N) is 4. The number of esters is 1. The van der Waals surface area contributed by atoms with Gasteiger partial charge in [0.15, 0.2) is 12.4 Å². The molecule has 0 saturated carbocycles. The maximum atomic E-state index is 12.4. The minimum absolute atomic E-state index is 0.0231. The Balaban J connectivity index is 1.42. The minimum Gasteiger partial charge on any atom is -0.454 e. The van der Waals surface area contributed by atoms with Crippen LogP contribution in [0, 0.1) is 11.3 Å². The van der Waals surface area contributed by atoms with Crippen LogP contribution < -0.4 is 10.0 Å². The summed E-state index contributed by atoms with van der Waals surface area (Å²) in [5.74, 6) is -1.35. The second kappa shape index (κ2) is 9.16. The van der Waals surface area contributed by atoms with Gasteiger partial charge < -0.3 is 10.1 Å². The van der Waals surface area contributed by atoms with Gasteiger partial charge in [-0.3, -0.25) is 14.5 Å². The van der Waals surface area contributed by atoms with E-state index in [1.165, 1.54) is 23.9 Å². The maximum absolute atomic E-state index is 12.4. The fraction of sp³-hybridized carbons (Fsp3) is 0.136. The first-order valence-electron chi connectivity index (χ1n) is 10.00. The number of hydrogen-bond donors (Lipinski definition) is 2. The Morgan fingerprint density at radius 3 is 2.65 bits per heavy atom. The number of carbonyl (C=O) groups excluding carboxylic acids is 2. The number of nitrogens with one attached hydrogen (secondary N) is 2. The molecule has 0 bridgehead atoms. The van der Waals surface area contributed by atoms with E-state index in [4.69, 9.17) is 4.74 Å². The summed E-state index contributed by atoms with van der Waals surface area (Å²) < 4.78 is 33.1. The molecule has 4 rings (SSSR count). The molecule has 2 heterocycles. The van der Waals surface area contributed by atoms with Crippen molar-refractivity contribution in [3.63, 3.8) is 0 Å². The van der Waals surface area contributed by atoms with Gasteiger partial charge in [-0.25, -0.2) is 17.9 Å². The molecule has 1 aliphatic heterocycles. The number of aliphatic imine (C=N–C) groups is 1. The third-order valence-corrected chi connectivity index (χ3v) is 6.22. The molecule has 1 aliphatic rings. The van der Waals surface area contributed by atoms with E-state index in [9.17, 15) is 23.3 Å². The Morgan fingerprint density at radius 1 is 1.21 bits per heavy atom. The summed E-state index contributed by atoms with van der Waals surface area (Å²) in [7, 11) is -3.75. The molecular formula is C22H18N6O5S. The van der Waals surface area contributed by atoms with Crippen molar-refractivity contribution < 1.29 is 22.7 Å². The first-order valence-corrected chi connectivity index (χ1v) is 11.5. The highest BCUT2D eigenvalue weighted by Gasteiger charge is 2.31. The average molecular weight is 478 g/mol. The molecule has 34 heavy (non-hydrogen) atoms. The van der Waals surface area contributed by atoms with E-state index in [2.05, 4.69) is 20.1 Å². The lowest BCUT2D eigenvalue weighted by atomic mass is 10.2. The van der Waals surface area contributed by atoms with Crippen molar-refractivity contribution in [1.82, 2.24) is 14.5 Å². The summed E-state index contributed by atoms with van der Waals surface area (Å²) in [5, 5.41) is 16.0. The third kappa shape index (κ3) is 4.50. The molecule has 0 unspecified atom stereocenters. The maximum Gasteiger partial charge on any atom is 0.331 e. The van der Waals surface area contributed by atoms with E-state index in [1.54, 1.807) is 42.5 Å². The molecule has 12 heteroatoms. The lowest BCUT2D eigenvalue weighted by Gasteiger charge is -2.11. The number of amides is 1. The number of para-hydroxylation sites is 1. The molecule has 1 aromatic heterocycles. The quantitative estimate of drug-likeness (QED) is 0.507. The normalized spacial score (nSPS) is 15.6. The largest absolute Gasteiger partial charge is 0.454 e. The lowest BCUT2D eigenvalue weighted by molar-refractivity contribution is -0.148. The Bertz CT molecular complexity index is 1440. The molecule has 0 radical (unpaired) electrons. The van der Waals surface area contributed by atoms with Gasteiger partial charge in [0, 0.05) is 5.56 Å². The second-order valence-electron chi connectivity index (χ2n) is 7.18. The lowest BCUT2D eigenvalue weighted by Crippen LogP contribution is -2.29. The minimum atomic E-state index is -3.75. The van der Waals surface area contributed by atoms with Crippen LogP contribution in [0.2, 0.25) is 0 Å². The van der Waals surface area contributed by atoms with Crippen molar-refractivity contribution in [3.8, 4) is 11.8 Å². The number of nitriles is 1. The molecule has 2 N–H and O–H groups in total. The molecule has 2 aromatic carbocycles. The zero-order valence-corrected chi connectivity index (χ0v) is 18.6. The van der Waals surface area contributed by atoms with Crippen LogP contribution in [0.5, 0.6) is 0 Å². The second-order valence-corrected chi connectivity index (χ2v) is 8.83. The Kier molecular flexibility index (Phi) is 6.11. The van der Waals surface area contributed by atoms with Crippen molar-refractivity contribution in [2.24, 2.45) is 4.99 Å². The van der Waals surface area contributed by atoms with Gasteiger partial charge in [0.2, 0.25) is 0 Å². The van der Waals surface area contributed by atoms with Crippen LogP contribution in [0.25, 0.3) is 5.69 Å². The van der Waals surface area contributed by atoms with Crippen LogP contribution in [0.1, 0.15) is 18.1 Å². The summed E-state index contributed by atoms with van der Waals surface area (Å²) in [6, 6.07) is 16.0. The highest BCUT2D eigenvalue weighted by atomic mass is 32.2. The van der Waals surface area contributed by atoms with Crippen molar-refractivity contribution in [3.05, 3.63) is 71.9 Å². The molecule has 0 spiro atoms. The predicted molar refractivity (Wildman–Crippen MR) is 121 cm³/mol. The van der Waals surface area contributed by atoms with Gasteiger partial charge in [-0.05, 0) is 31.2 Å². The van der Waals surface area contributed by atoms with E-state index in [0.29, 0.717) is 11.3 Å². The number of amidine groups is 1. The number of hydrogen-bond acceptors (Lipinski definition) is 8. The van der Waals surface area contributed by atoms with Gasteiger partial charge in [-0.15, -0.1) is 0 Å². The van der Waals surface area contributed by atoms with Crippen LogP contribution in [-0.4, -0.2) is 48.6 Å². The number of carbonyl (C=O) groups is 2. The topological polar surface area (TPSA) is 156 Å². The highest BCUT2D eigenvalue weighted by molar-refractivity contribution is 7.90. The van der Waals surface area contributed by atoms with Crippen molar-refractivity contribution in [2.75, 3.05) is 11.9 Å². The van der Waals surface area contributed by atoms with E-state index in [-0.39, 0.29) is 22.1 Å². The number of aromatic nitrogens is 2. The summed E-state index contributed by atoms with van der Waals surface area (Å²) >= 11 is 0. The monoisotopic (exact) mass is 478 g/mol. The molecule has 11 nitrogen and oxygen atoms in total. The van der Waals surface area contributed by atoms with Crippen LogP contribution in [0.3, 0.4) is 0 Å². The number of anilines is 1. The van der Waals surface area contributed by atoms with Gasteiger partial charge in [0.1, 0.15) is 23.5 Å². The zero-order valence-electron chi connectivity index (χ0n) is 17.8. The fourth-order valence-electron chi connectivity index (χ4n) is 3.22. The molecule has 1 atom stereocenters. The number of fused-ring (bicyclic) bond motifs is 1. The van der Waals surface area contributed by atoms with Crippen LogP contribution in [-0.2, 0) is 24.3 Å². The van der Waals surface area contributed by atoms with E-state index in [0.717, 1.165) is 0 Å². The Hall–Kier alpha value is -4.50. The number of sulfonamides is 1. The highest BCUT2D eigenvalue weighted by Crippen LogP contribution is 2.23. The Morgan fingerprint density at radius 2 is 1.91 bits per heavy atom. The van der Waals surface area contributed by atoms with Gasteiger partial charge in [0.05, 0.1) is 16.8 Å². The van der Waals surface area contributed by atoms with Crippen LogP contribution >= 0.6 is 0 Å². The van der Waals surface area contributed by atoms with Gasteiger partial charge in [-0.1, -0.05) is 30.3 Å². The number of ether oxygens (including phenoxy) is 1. The first kappa shape index (κ1) is 22.7. The van der Waals surface area contributed by atoms with Crippen LogP contribution in [0.15, 0.2) is 70.7 Å². The standard InChI is InChI=1S/C22H18N6O5S/c1-14(25-20-17-9-5-6-10-18(17)34(31,32)27-20)22(30)33-13-19(29)26-21-15(11-23)12-24-28(21)16-7-3-2-4-8-16/h2-10,12,14H,13H2,1H3,(H,25,27)(H,26,29)/t14-/m0/s1. The van der Waals surface area contributed by atoms with Crippen molar-refractivity contribution in [1.29, 1.82) is 5.26 Å². The zero-order chi connectivity index (χ0) is 24.3. The predicted octanol–water partition coefficient (Wildman–Crippen LogP) is 1.35. The molecule has 172 valence electrons. The number of benzene rings is 2. The summed E-state index contributed by atoms with van der Waals surface area (Å²) in [6.45, 7) is 0.780. The van der Waals surface area contributed by atoms with Crippen molar-refractivity contribution in [2.45, 2.75) is 17.9 Å². The molecule has 0 aliphatic carbocycles. The fourth-order valence-corrected chi connectivity index (χ4v) is 4.46. The molecule has 0 saturated heterocycles. The van der Waals surface area contributed by atoms with Gasteiger partial charge >= 0.3 is 5.97 Å². The average Bonchev–Trinajstić information content (AvgIpc) is 3.35. The molecule has 1 amide bonds. The van der Waals surface area contributed by atoms with Gasteiger partial charge in [0.25, 0.3) is 15.9 Å². The SMILES string of the molecule is C[C@H](N=C1NS(=O)(=O)c2ccccc21)C(=O)OCC(=O)Nc1c(C#N)cnn1-c1ccccc1. The van der Waals surface area contributed by atoms with E-state index >= 15 is 0 Å². The summed E-state index contributed by atoms with van der Waals surface area (Å²) in [6.07, 6.45) is 1.31. The smallest absolute Gasteiger partial charge is 0.331 e.